The van der Waals surface area contributed by atoms with Crippen LogP contribution in [0.2, 0.25) is 0 Å². The number of esters is 1. The van der Waals surface area contributed by atoms with E-state index >= 15 is 0 Å². The zero-order valence-corrected chi connectivity index (χ0v) is 20.3. The Labute approximate surface area is 204 Å². The minimum absolute atomic E-state index is 0.0275. The predicted octanol–water partition coefficient (Wildman–Crippen LogP) is 3.59. The molecule has 3 aromatic heterocycles. The Morgan fingerprint density at radius 2 is 1.86 bits per heavy atom. The summed E-state index contributed by atoms with van der Waals surface area (Å²) in [5, 5.41) is 22.8. The third kappa shape index (κ3) is 3.83. The number of ether oxygens (including phenoxy) is 1. The van der Waals surface area contributed by atoms with Gasteiger partial charge in [-0.05, 0) is 44.5 Å². The second kappa shape index (κ2) is 8.58. The molecule has 5 rings (SSSR count). The number of thiophene rings is 1. The molecule has 1 atom stereocenters. The number of rotatable bonds is 5. The smallest absolute Gasteiger partial charge is 0.356 e. The standard InChI is InChI=1S/C24H22N6O4S/c1-12-13(2)35-23-20(12)21(25-18(11-19(31)34-4)22-27-26-14(3)30(22)23)15-5-7-16(8-6-15)29-10-9-17(28-29)24(32)33/h5-10,18H,11H2,1-4H3,(H,32,33). The van der Waals surface area contributed by atoms with Gasteiger partial charge in [0.1, 0.15) is 16.9 Å². The van der Waals surface area contributed by atoms with Gasteiger partial charge in [-0.3, -0.25) is 14.4 Å². The van der Waals surface area contributed by atoms with Gasteiger partial charge in [0.05, 0.1) is 24.9 Å². The molecule has 0 radical (unpaired) electrons. The SMILES string of the molecule is COC(=O)CC1N=C(c2ccc(-n3ccc(C(=O)O)n3)cc2)c2c(sc(C)c2C)-n2c(C)nnc21. The van der Waals surface area contributed by atoms with Crippen molar-refractivity contribution < 1.29 is 19.4 Å². The third-order valence-electron chi connectivity index (χ3n) is 6.04. The van der Waals surface area contributed by atoms with Crippen LogP contribution in [0.3, 0.4) is 0 Å². The Morgan fingerprint density at radius 1 is 1.11 bits per heavy atom. The quantitative estimate of drug-likeness (QED) is 0.424. The van der Waals surface area contributed by atoms with Crippen molar-refractivity contribution in [3.8, 4) is 10.7 Å². The van der Waals surface area contributed by atoms with E-state index in [0.29, 0.717) is 11.5 Å². The van der Waals surface area contributed by atoms with Gasteiger partial charge < -0.3 is 9.84 Å². The number of fused-ring (bicyclic) bond motifs is 3. The minimum atomic E-state index is -1.08. The summed E-state index contributed by atoms with van der Waals surface area (Å²) in [6, 6.07) is 8.43. The fourth-order valence-corrected chi connectivity index (χ4v) is 5.33. The molecule has 0 saturated heterocycles. The summed E-state index contributed by atoms with van der Waals surface area (Å²) in [4.78, 5) is 29.6. The van der Waals surface area contributed by atoms with Crippen molar-refractivity contribution in [1.82, 2.24) is 24.5 Å². The highest BCUT2D eigenvalue weighted by atomic mass is 32.1. The lowest BCUT2D eigenvalue weighted by Gasteiger charge is -2.12. The number of aromatic carboxylic acids is 1. The predicted molar refractivity (Wildman–Crippen MR) is 129 cm³/mol. The summed E-state index contributed by atoms with van der Waals surface area (Å²) in [7, 11) is 1.35. The molecule has 0 saturated carbocycles. The molecular formula is C24H22N6O4S. The number of carboxylic acid groups (broad SMARTS) is 1. The van der Waals surface area contributed by atoms with Crippen LogP contribution >= 0.6 is 11.3 Å². The number of carbonyl (C=O) groups is 2. The molecule has 10 nitrogen and oxygen atoms in total. The first-order valence-electron chi connectivity index (χ1n) is 10.9. The second-order valence-electron chi connectivity index (χ2n) is 8.18. The van der Waals surface area contributed by atoms with E-state index in [1.54, 1.807) is 17.5 Å². The van der Waals surface area contributed by atoms with Crippen molar-refractivity contribution in [1.29, 1.82) is 0 Å². The molecule has 0 bridgehead atoms. The zero-order valence-electron chi connectivity index (χ0n) is 19.5. The Kier molecular flexibility index (Phi) is 5.56. The zero-order chi connectivity index (χ0) is 24.9. The summed E-state index contributed by atoms with van der Waals surface area (Å²) in [5.74, 6) is -0.147. The molecule has 1 aromatic carbocycles. The number of carbonyl (C=O) groups excluding carboxylic acids is 1. The summed E-state index contributed by atoms with van der Waals surface area (Å²) in [5.41, 5.74) is 4.37. The molecule has 0 amide bonds. The topological polar surface area (TPSA) is 124 Å². The number of aliphatic imine (C=N–C) groups is 1. The molecule has 1 aliphatic heterocycles. The van der Waals surface area contributed by atoms with Gasteiger partial charge in [0.2, 0.25) is 0 Å². The highest BCUT2D eigenvalue weighted by Gasteiger charge is 2.32. The number of hydrogen-bond acceptors (Lipinski definition) is 8. The van der Waals surface area contributed by atoms with E-state index in [4.69, 9.17) is 14.8 Å². The molecule has 1 aliphatic rings. The van der Waals surface area contributed by atoms with Crippen molar-refractivity contribution in [3.63, 3.8) is 0 Å². The third-order valence-corrected chi connectivity index (χ3v) is 7.23. The van der Waals surface area contributed by atoms with Gasteiger partial charge in [-0.15, -0.1) is 21.5 Å². The van der Waals surface area contributed by atoms with Gasteiger partial charge in [-0.25, -0.2) is 9.48 Å². The van der Waals surface area contributed by atoms with E-state index in [1.807, 2.05) is 35.8 Å². The summed E-state index contributed by atoms with van der Waals surface area (Å²) in [6.45, 7) is 6.01. The molecular weight excluding hydrogens is 468 g/mol. The van der Waals surface area contributed by atoms with Gasteiger partial charge in [-0.2, -0.15) is 5.10 Å². The maximum atomic E-state index is 12.2. The number of methoxy groups -OCH3 is 1. The molecule has 1 unspecified atom stereocenters. The lowest BCUT2D eigenvalue weighted by Crippen LogP contribution is -2.12. The van der Waals surface area contributed by atoms with E-state index in [2.05, 4.69) is 29.1 Å². The Hall–Kier alpha value is -4.12. The molecule has 0 fully saturated rings. The normalized spacial score (nSPS) is 14.6. The summed E-state index contributed by atoms with van der Waals surface area (Å²) in [6.07, 6.45) is 1.64. The molecule has 178 valence electrons. The van der Waals surface area contributed by atoms with E-state index in [0.717, 1.165) is 38.1 Å². The van der Waals surface area contributed by atoms with Crippen LogP contribution in [0, 0.1) is 20.8 Å². The summed E-state index contributed by atoms with van der Waals surface area (Å²) < 4.78 is 8.42. The number of aryl methyl sites for hydroxylation is 2. The van der Waals surface area contributed by atoms with Crippen molar-refractivity contribution >= 4 is 29.0 Å². The monoisotopic (exact) mass is 490 g/mol. The molecule has 1 N–H and O–H groups in total. The molecule has 4 heterocycles. The molecule has 0 aliphatic carbocycles. The Morgan fingerprint density at radius 3 is 2.51 bits per heavy atom. The number of aromatic nitrogens is 5. The fraction of sp³-hybridized carbons (Fsp3) is 0.250. The average molecular weight is 491 g/mol. The summed E-state index contributed by atoms with van der Waals surface area (Å²) >= 11 is 1.64. The van der Waals surface area contributed by atoms with E-state index in [9.17, 15) is 9.59 Å². The number of benzene rings is 1. The average Bonchev–Trinajstić information content (AvgIpc) is 3.53. The number of hydrogen-bond donors (Lipinski definition) is 1. The maximum Gasteiger partial charge on any atom is 0.356 e. The highest BCUT2D eigenvalue weighted by molar-refractivity contribution is 7.15. The van der Waals surface area contributed by atoms with Crippen LogP contribution < -0.4 is 0 Å². The van der Waals surface area contributed by atoms with Crippen LogP contribution in [0.4, 0.5) is 0 Å². The Balaban J connectivity index is 1.65. The van der Waals surface area contributed by atoms with E-state index in [-0.39, 0.29) is 18.1 Å². The van der Waals surface area contributed by atoms with E-state index < -0.39 is 12.0 Å². The van der Waals surface area contributed by atoms with Crippen LogP contribution in [0.15, 0.2) is 41.5 Å². The lowest BCUT2D eigenvalue weighted by atomic mass is 9.99. The van der Waals surface area contributed by atoms with Gasteiger partial charge in [-0.1, -0.05) is 12.1 Å². The first kappa shape index (κ1) is 22.7. The second-order valence-corrected chi connectivity index (χ2v) is 9.38. The van der Waals surface area contributed by atoms with Gasteiger partial charge in [0, 0.05) is 22.2 Å². The molecule has 11 heteroatoms. The van der Waals surface area contributed by atoms with Crippen molar-refractivity contribution in [2.75, 3.05) is 7.11 Å². The Bertz CT molecular complexity index is 1490. The lowest BCUT2D eigenvalue weighted by molar-refractivity contribution is -0.141. The first-order valence-corrected chi connectivity index (χ1v) is 11.7. The van der Waals surface area contributed by atoms with Gasteiger partial charge in [0.15, 0.2) is 11.5 Å². The van der Waals surface area contributed by atoms with Crippen molar-refractivity contribution in [3.05, 3.63) is 75.4 Å². The largest absolute Gasteiger partial charge is 0.476 e. The number of nitrogens with zero attached hydrogens (tertiary/aromatic N) is 6. The number of carboxylic acids is 1. The van der Waals surface area contributed by atoms with Crippen LogP contribution in [-0.4, -0.2) is 54.4 Å². The van der Waals surface area contributed by atoms with E-state index in [1.165, 1.54) is 17.9 Å². The maximum absolute atomic E-state index is 12.2. The molecule has 4 aromatic rings. The van der Waals surface area contributed by atoms with Crippen LogP contribution in [0.25, 0.3) is 10.7 Å². The molecule has 0 spiro atoms. The van der Waals surface area contributed by atoms with Crippen LogP contribution in [0.5, 0.6) is 0 Å². The minimum Gasteiger partial charge on any atom is -0.476 e. The van der Waals surface area contributed by atoms with Gasteiger partial charge >= 0.3 is 11.9 Å². The van der Waals surface area contributed by atoms with Gasteiger partial charge in [0.25, 0.3) is 0 Å². The molecule has 35 heavy (non-hydrogen) atoms. The van der Waals surface area contributed by atoms with Crippen LogP contribution in [0.1, 0.15) is 56.2 Å². The first-order chi connectivity index (χ1) is 16.8. The van der Waals surface area contributed by atoms with Crippen molar-refractivity contribution in [2.24, 2.45) is 4.99 Å². The highest BCUT2D eigenvalue weighted by Crippen LogP contribution is 2.39. The van der Waals surface area contributed by atoms with Crippen LogP contribution in [-0.2, 0) is 9.53 Å². The van der Waals surface area contributed by atoms with Crippen molar-refractivity contribution in [2.45, 2.75) is 33.2 Å². The fourth-order valence-electron chi connectivity index (χ4n) is 4.12.